The zero-order valence-electron chi connectivity index (χ0n) is 13.2. The summed E-state index contributed by atoms with van der Waals surface area (Å²) in [6.45, 7) is 0.896. The van der Waals surface area contributed by atoms with E-state index in [4.69, 9.17) is 0 Å². The van der Waals surface area contributed by atoms with Crippen LogP contribution >= 0.6 is 0 Å². The van der Waals surface area contributed by atoms with E-state index in [9.17, 15) is 4.79 Å². The number of hydrogen-bond donors (Lipinski definition) is 1. The number of nitrogens with zero attached hydrogens (tertiary/aromatic N) is 1. The quantitative estimate of drug-likeness (QED) is 0.939. The van der Waals surface area contributed by atoms with Crippen LogP contribution in [0.2, 0.25) is 0 Å². The molecule has 0 heterocycles. The van der Waals surface area contributed by atoms with Gasteiger partial charge in [-0.05, 0) is 48.7 Å². The molecule has 0 fully saturated rings. The molecule has 0 aromatic heterocycles. The van der Waals surface area contributed by atoms with Crippen LogP contribution in [0.5, 0.6) is 0 Å². The summed E-state index contributed by atoms with van der Waals surface area (Å²) < 4.78 is 0. The highest BCUT2D eigenvalue weighted by atomic mass is 16.1. The number of benzene rings is 2. The van der Waals surface area contributed by atoms with E-state index in [1.807, 2.05) is 24.3 Å². The molecule has 1 amide bonds. The lowest BCUT2D eigenvalue weighted by Gasteiger charge is -2.25. The highest BCUT2D eigenvalue weighted by Crippen LogP contribution is 2.35. The average Bonchev–Trinajstić information content (AvgIpc) is 2.99. The summed E-state index contributed by atoms with van der Waals surface area (Å²) in [5.74, 6) is -0.0374. The Balaban J connectivity index is 1.70. The number of hydrogen-bond acceptors (Lipinski definition) is 2. The first-order valence-corrected chi connectivity index (χ1v) is 7.78. The Morgan fingerprint density at radius 1 is 1.18 bits per heavy atom. The highest BCUT2D eigenvalue weighted by Gasteiger charge is 2.25. The third kappa shape index (κ3) is 2.90. The highest BCUT2D eigenvalue weighted by molar-refractivity contribution is 5.93. The fourth-order valence-corrected chi connectivity index (χ4v) is 3.30. The summed E-state index contributed by atoms with van der Waals surface area (Å²) >= 11 is 0. The van der Waals surface area contributed by atoms with Gasteiger partial charge in [-0.15, -0.1) is 0 Å². The first-order chi connectivity index (χ1) is 10.7. The van der Waals surface area contributed by atoms with Crippen molar-refractivity contribution in [2.45, 2.75) is 25.4 Å². The van der Waals surface area contributed by atoms with Crippen molar-refractivity contribution in [2.75, 3.05) is 14.1 Å². The molecule has 1 aliphatic carbocycles. The molecule has 3 rings (SSSR count). The summed E-state index contributed by atoms with van der Waals surface area (Å²) in [6.07, 6.45) is 2.35. The molecule has 1 aliphatic rings. The second-order valence-electron chi connectivity index (χ2n) is 5.94. The molecule has 0 aliphatic heterocycles. The molecule has 1 N–H and O–H groups in total. The van der Waals surface area contributed by atoms with Gasteiger partial charge in [0.05, 0.1) is 0 Å². The van der Waals surface area contributed by atoms with Crippen LogP contribution in [0.1, 0.15) is 39.5 Å². The maximum absolute atomic E-state index is 11.6. The van der Waals surface area contributed by atoms with Gasteiger partial charge in [-0.3, -0.25) is 9.69 Å². The van der Waals surface area contributed by atoms with Crippen molar-refractivity contribution in [3.05, 3.63) is 70.8 Å². The first kappa shape index (κ1) is 14.8. The molecule has 22 heavy (non-hydrogen) atoms. The molecule has 0 radical (unpaired) electrons. The predicted octanol–water partition coefficient (Wildman–Crippen LogP) is 3.17. The van der Waals surface area contributed by atoms with E-state index in [2.05, 4.69) is 41.5 Å². The number of aryl methyl sites for hydroxylation is 1. The maximum Gasteiger partial charge on any atom is 0.251 e. The molecule has 0 saturated heterocycles. The van der Waals surface area contributed by atoms with Gasteiger partial charge in [0, 0.05) is 25.2 Å². The Labute approximate surface area is 132 Å². The van der Waals surface area contributed by atoms with E-state index >= 15 is 0 Å². The number of amides is 1. The summed E-state index contributed by atoms with van der Waals surface area (Å²) in [5, 5.41) is 2.65. The van der Waals surface area contributed by atoms with Crippen LogP contribution < -0.4 is 5.32 Å². The van der Waals surface area contributed by atoms with Gasteiger partial charge >= 0.3 is 0 Å². The van der Waals surface area contributed by atoms with E-state index < -0.39 is 0 Å². The van der Waals surface area contributed by atoms with E-state index in [1.54, 1.807) is 7.05 Å². The third-order valence-corrected chi connectivity index (χ3v) is 4.51. The number of nitrogens with one attached hydrogen (secondary N) is 1. The lowest BCUT2D eigenvalue weighted by molar-refractivity contribution is 0.0963. The number of carbonyl (C=O) groups is 1. The minimum Gasteiger partial charge on any atom is -0.355 e. The van der Waals surface area contributed by atoms with Gasteiger partial charge in [0.1, 0.15) is 0 Å². The van der Waals surface area contributed by atoms with Gasteiger partial charge < -0.3 is 5.32 Å². The lowest BCUT2D eigenvalue weighted by atomic mass is 10.1. The van der Waals surface area contributed by atoms with Crippen molar-refractivity contribution in [1.82, 2.24) is 10.2 Å². The number of fused-ring (bicyclic) bond motifs is 1. The zero-order valence-corrected chi connectivity index (χ0v) is 13.2. The molecule has 0 bridgehead atoms. The fraction of sp³-hybridized carbons (Fsp3) is 0.316. The molecule has 2 aromatic rings. The summed E-state index contributed by atoms with van der Waals surface area (Å²) in [6, 6.07) is 17.1. The fourth-order valence-electron chi connectivity index (χ4n) is 3.30. The van der Waals surface area contributed by atoms with Crippen LogP contribution in [0.4, 0.5) is 0 Å². The van der Waals surface area contributed by atoms with Gasteiger partial charge in [-0.1, -0.05) is 36.4 Å². The van der Waals surface area contributed by atoms with Crippen molar-refractivity contribution in [3.8, 4) is 0 Å². The molecular weight excluding hydrogens is 272 g/mol. The van der Waals surface area contributed by atoms with Crippen LogP contribution in [0, 0.1) is 0 Å². The van der Waals surface area contributed by atoms with Gasteiger partial charge in [0.25, 0.3) is 5.91 Å². The molecule has 3 nitrogen and oxygen atoms in total. The van der Waals surface area contributed by atoms with Crippen LogP contribution in [-0.2, 0) is 13.0 Å². The predicted molar refractivity (Wildman–Crippen MR) is 88.8 cm³/mol. The minimum absolute atomic E-state index is 0.0374. The molecule has 2 aromatic carbocycles. The van der Waals surface area contributed by atoms with Gasteiger partial charge in [0.2, 0.25) is 0 Å². The van der Waals surface area contributed by atoms with Gasteiger partial charge in [-0.25, -0.2) is 0 Å². The Morgan fingerprint density at radius 2 is 1.91 bits per heavy atom. The van der Waals surface area contributed by atoms with Crippen molar-refractivity contribution in [3.63, 3.8) is 0 Å². The van der Waals surface area contributed by atoms with Crippen molar-refractivity contribution in [2.24, 2.45) is 0 Å². The number of rotatable bonds is 4. The summed E-state index contributed by atoms with van der Waals surface area (Å²) in [7, 11) is 3.83. The molecule has 3 heteroatoms. The molecule has 0 unspecified atom stereocenters. The van der Waals surface area contributed by atoms with E-state index in [-0.39, 0.29) is 5.91 Å². The topological polar surface area (TPSA) is 32.3 Å². The van der Waals surface area contributed by atoms with E-state index in [0.717, 1.165) is 6.54 Å². The van der Waals surface area contributed by atoms with Gasteiger partial charge in [0.15, 0.2) is 0 Å². The Hall–Kier alpha value is -2.13. The molecular formula is C19H22N2O. The molecule has 0 saturated carbocycles. The normalized spacial score (nSPS) is 16.6. The summed E-state index contributed by atoms with van der Waals surface area (Å²) in [4.78, 5) is 14.0. The van der Waals surface area contributed by atoms with Crippen LogP contribution in [0.15, 0.2) is 48.5 Å². The van der Waals surface area contributed by atoms with Crippen molar-refractivity contribution in [1.29, 1.82) is 0 Å². The zero-order chi connectivity index (χ0) is 15.5. The van der Waals surface area contributed by atoms with Crippen LogP contribution in [0.3, 0.4) is 0 Å². The molecule has 0 spiro atoms. The lowest BCUT2D eigenvalue weighted by Crippen LogP contribution is -2.22. The molecule has 114 valence electrons. The Bertz CT molecular complexity index is 663. The molecule has 1 atom stereocenters. The largest absolute Gasteiger partial charge is 0.355 e. The summed E-state index contributed by atoms with van der Waals surface area (Å²) in [5.41, 5.74) is 4.89. The monoisotopic (exact) mass is 294 g/mol. The Kier molecular flexibility index (Phi) is 4.25. The number of carbonyl (C=O) groups excluding carboxylic acids is 1. The van der Waals surface area contributed by atoms with Crippen LogP contribution in [0.25, 0.3) is 0 Å². The second-order valence-corrected chi connectivity index (χ2v) is 5.94. The first-order valence-electron chi connectivity index (χ1n) is 7.78. The SMILES string of the molecule is CNC(=O)c1ccc(CN(C)[C@H]2CCc3ccccc32)cc1. The van der Waals surface area contributed by atoms with E-state index in [0.29, 0.717) is 11.6 Å². The third-order valence-electron chi connectivity index (χ3n) is 4.51. The maximum atomic E-state index is 11.6. The smallest absolute Gasteiger partial charge is 0.251 e. The minimum atomic E-state index is -0.0374. The Morgan fingerprint density at radius 3 is 2.64 bits per heavy atom. The van der Waals surface area contributed by atoms with Crippen molar-refractivity contribution < 1.29 is 4.79 Å². The van der Waals surface area contributed by atoms with E-state index in [1.165, 1.54) is 29.5 Å². The van der Waals surface area contributed by atoms with Gasteiger partial charge in [-0.2, -0.15) is 0 Å². The second kappa shape index (κ2) is 6.32. The van der Waals surface area contributed by atoms with Crippen molar-refractivity contribution >= 4 is 5.91 Å². The average molecular weight is 294 g/mol. The van der Waals surface area contributed by atoms with Crippen LogP contribution in [-0.4, -0.2) is 24.9 Å². The standard InChI is InChI=1S/C19H22N2O/c1-20-19(22)16-9-7-14(8-10-16)13-21(2)18-12-11-15-5-3-4-6-17(15)18/h3-10,18H,11-13H2,1-2H3,(H,20,22)/t18-/m0/s1.